The van der Waals surface area contributed by atoms with Gasteiger partial charge >= 0.3 is 17.9 Å². The van der Waals surface area contributed by atoms with E-state index in [-0.39, 0.29) is 38.6 Å². The van der Waals surface area contributed by atoms with Gasteiger partial charge in [0.2, 0.25) is 0 Å². The second kappa shape index (κ2) is 71.3. The van der Waals surface area contributed by atoms with Crippen LogP contribution in [0.5, 0.6) is 0 Å². The molecule has 0 rings (SSSR count). The standard InChI is InChI=1S/C82H139NO8/c1-6-8-10-12-14-16-18-20-22-24-26-28-30-32-34-35-36-37-38-39-40-41-42-43-44-45-47-48-50-52-54-56-58-60-62-64-66-68-70-72-79(84)89-76-78(77-90-82(81(86)87)88-75-74-83(3,4)5)91-80(85)73-71-69-67-65-63-61-59-57-55-53-51-49-46-33-31-29-27-25-23-21-19-17-15-13-11-9-7-2/h9,11,15,17-18,20-21,23-24,26-27,29-30,32-33,46,51,53,57,59,63,65,78,82H,6-8,10,12-14,16,19,22,25,28,31,34-45,47-50,52,54-56,58,60-62,64,66-77H2,1-5H3/p+1/b11-9-,17-15-,20-18-,23-21-,26-24-,29-27-,32-30-,46-33-,53-51-,59-57-,65-63-. The maximum absolute atomic E-state index is 12.9. The van der Waals surface area contributed by atoms with E-state index in [0.29, 0.717) is 17.4 Å². The molecule has 9 nitrogen and oxygen atoms in total. The summed E-state index contributed by atoms with van der Waals surface area (Å²) in [6.07, 6.45) is 100. The van der Waals surface area contributed by atoms with Crippen molar-refractivity contribution in [2.45, 2.75) is 322 Å². The third-order valence-corrected chi connectivity index (χ3v) is 15.9. The lowest BCUT2D eigenvalue weighted by Gasteiger charge is -2.25. The predicted octanol–water partition coefficient (Wildman–Crippen LogP) is 23.7. The number of aliphatic carboxylic acids is 1. The molecule has 0 aliphatic rings. The van der Waals surface area contributed by atoms with Crippen LogP contribution in [0, 0.1) is 0 Å². The highest BCUT2D eigenvalue weighted by molar-refractivity contribution is 5.71. The molecule has 0 aromatic carbocycles. The van der Waals surface area contributed by atoms with Crippen molar-refractivity contribution in [2.75, 3.05) is 47.5 Å². The highest BCUT2D eigenvalue weighted by Gasteiger charge is 2.25. The van der Waals surface area contributed by atoms with E-state index in [4.69, 9.17) is 18.9 Å². The van der Waals surface area contributed by atoms with Gasteiger partial charge in [-0.2, -0.15) is 0 Å². The lowest BCUT2D eigenvalue weighted by Crippen LogP contribution is -2.40. The molecule has 0 aromatic rings. The average molecular weight is 1270 g/mol. The Kier molecular flexibility index (Phi) is 67.7. The molecule has 0 radical (unpaired) electrons. The van der Waals surface area contributed by atoms with Crippen LogP contribution in [0.25, 0.3) is 0 Å². The number of esters is 2. The number of likely N-dealkylation sites (N-methyl/N-ethyl adjacent to an activating group) is 1. The van der Waals surface area contributed by atoms with Crippen LogP contribution in [0.1, 0.15) is 309 Å². The molecule has 0 fully saturated rings. The third-order valence-electron chi connectivity index (χ3n) is 15.9. The van der Waals surface area contributed by atoms with Gasteiger partial charge in [-0.1, -0.05) is 314 Å². The smallest absolute Gasteiger partial charge is 0.361 e. The molecule has 2 unspecified atom stereocenters. The first-order valence-corrected chi connectivity index (χ1v) is 37.3. The number of quaternary nitrogens is 1. The first-order chi connectivity index (χ1) is 44.6. The zero-order valence-corrected chi connectivity index (χ0v) is 59.5. The number of ether oxygens (including phenoxy) is 4. The number of carbonyl (C=O) groups is 3. The van der Waals surface area contributed by atoms with E-state index in [2.05, 4.69) is 148 Å². The van der Waals surface area contributed by atoms with E-state index in [1.165, 1.54) is 180 Å². The number of carboxylic acids is 1. The average Bonchev–Trinajstić information content (AvgIpc) is 3.46. The molecule has 91 heavy (non-hydrogen) atoms. The van der Waals surface area contributed by atoms with E-state index in [1.807, 2.05) is 21.1 Å². The zero-order chi connectivity index (χ0) is 66.1. The highest BCUT2D eigenvalue weighted by Crippen LogP contribution is 2.18. The van der Waals surface area contributed by atoms with Gasteiger partial charge in [0.15, 0.2) is 6.10 Å². The van der Waals surface area contributed by atoms with E-state index in [1.54, 1.807) is 0 Å². The summed E-state index contributed by atoms with van der Waals surface area (Å²) in [5.41, 5.74) is 0. The molecular weight excluding hydrogens is 1130 g/mol. The van der Waals surface area contributed by atoms with Gasteiger partial charge in [-0.15, -0.1) is 0 Å². The van der Waals surface area contributed by atoms with Gasteiger partial charge in [0, 0.05) is 12.8 Å². The molecule has 9 heteroatoms. The number of carboxylic acid groups (broad SMARTS) is 1. The number of hydrogen-bond acceptors (Lipinski definition) is 7. The largest absolute Gasteiger partial charge is 0.477 e. The molecule has 0 spiro atoms. The molecule has 2 atom stereocenters. The van der Waals surface area contributed by atoms with Crippen molar-refractivity contribution in [1.82, 2.24) is 0 Å². The second-order valence-electron chi connectivity index (χ2n) is 25.9. The SMILES string of the molecule is CC/C=C\C/C=C\C/C=C\C/C=C\C/C=C\C/C=C\C/C=C\C/C=C\CCCCC(=O)OC(COC(=O)CCCCCCCCCCCCCCCCCCCCCCCCCC/C=C\C/C=C\C/C=C\CCCCCCC)COC(OCC[N+](C)(C)C)C(=O)O. The fourth-order valence-corrected chi connectivity index (χ4v) is 10.2. The van der Waals surface area contributed by atoms with Crippen LogP contribution >= 0.6 is 0 Å². The Bertz CT molecular complexity index is 1960. The summed E-state index contributed by atoms with van der Waals surface area (Å²) in [6, 6.07) is 0. The van der Waals surface area contributed by atoms with Crippen LogP contribution < -0.4 is 0 Å². The van der Waals surface area contributed by atoms with Crippen LogP contribution in [0.3, 0.4) is 0 Å². The lowest BCUT2D eigenvalue weighted by atomic mass is 10.0. The predicted molar refractivity (Wildman–Crippen MR) is 391 cm³/mol. The summed E-state index contributed by atoms with van der Waals surface area (Å²) in [5, 5.41) is 9.75. The van der Waals surface area contributed by atoms with Gasteiger partial charge in [0.25, 0.3) is 6.29 Å². The Hall–Kier alpha value is -4.57. The molecule has 0 amide bonds. The van der Waals surface area contributed by atoms with Crippen molar-refractivity contribution in [1.29, 1.82) is 0 Å². The monoisotopic (exact) mass is 1270 g/mol. The van der Waals surface area contributed by atoms with E-state index >= 15 is 0 Å². The van der Waals surface area contributed by atoms with Gasteiger partial charge in [-0.3, -0.25) is 9.59 Å². The molecular formula is C82H140NO8+. The van der Waals surface area contributed by atoms with Crippen molar-refractivity contribution < 1.29 is 42.9 Å². The first kappa shape index (κ1) is 86.4. The summed E-state index contributed by atoms with van der Waals surface area (Å²) in [7, 11) is 5.96. The molecule has 0 aromatic heterocycles. The summed E-state index contributed by atoms with van der Waals surface area (Å²) >= 11 is 0. The summed E-state index contributed by atoms with van der Waals surface area (Å²) in [4.78, 5) is 37.6. The Labute approximate surface area is 560 Å². The van der Waals surface area contributed by atoms with Crippen molar-refractivity contribution in [3.63, 3.8) is 0 Å². The molecule has 0 heterocycles. The van der Waals surface area contributed by atoms with Gasteiger partial charge in [-0.05, 0) is 116 Å². The minimum absolute atomic E-state index is 0.173. The number of unbranched alkanes of at least 4 members (excludes halogenated alkanes) is 31. The van der Waals surface area contributed by atoms with Crippen LogP contribution in [-0.2, 0) is 33.3 Å². The molecule has 520 valence electrons. The number of nitrogens with zero attached hydrogens (tertiary/aromatic N) is 1. The van der Waals surface area contributed by atoms with E-state index < -0.39 is 24.3 Å². The Morgan fingerprint density at radius 3 is 0.956 bits per heavy atom. The van der Waals surface area contributed by atoms with E-state index in [9.17, 15) is 19.5 Å². The highest BCUT2D eigenvalue weighted by atomic mass is 16.7. The molecule has 0 aliphatic carbocycles. The Morgan fingerprint density at radius 2 is 0.626 bits per heavy atom. The minimum atomic E-state index is -1.53. The van der Waals surface area contributed by atoms with Gasteiger partial charge in [0.05, 0.1) is 34.4 Å². The normalized spacial score (nSPS) is 13.5. The van der Waals surface area contributed by atoms with Crippen molar-refractivity contribution in [3.05, 3.63) is 134 Å². The summed E-state index contributed by atoms with van der Waals surface area (Å²) in [6.45, 7) is 4.71. The molecule has 0 saturated carbocycles. The Balaban J connectivity index is 4.10. The van der Waals surface area contributed by atoms with Crippen LogP contribution in [0.2, 0.25) is 0 Å². The summed E-state index contributed by atoms with van der Waals surface area (Å²) in [5.74, 6) is -2.07. The van der Waals surface area contributed by atoms with Gasteiger partial charge in [-0.25, -0.2) is 4.79 Å². The third kappa shape index (κ3) is 72.7. The molecule has 0 aliphatic heterocycles. The maximum Gasteiger partial charge on any atom is 0.361 e. The number of hydrogen-bond donors (Lipinski definition) is 1. The number of carbonyl (C=O) groups excluding carboxylic acids is 2. The van der Waals surface area contributed by atoms with Gasteiger partial charge < -0.3 is 28.5 Å². The topological polar surface area (TPSA) is 108 Å². The van der Waals surface area contributed by atoms with Gasteiger partial charge in [0.1, 0.15) is 13.2 Å². The van der Waals surface area contributed by atoms with E-state index in [0.717, 1.165) is 96.3 Å². The van der Waals surface area contributed by atoms with Crippen molar-refractivity contribution in [2.24, 2.45) is 0 Å². The molecule has 1 N–H and O–H groups in total. The fourth-order valence-electron chi connectivity index (χ4n) is 10.2. The molecule has 0 bridgehead atoms. The second-order valence-corrected chi connectivity index (χ2v) is 25.9. The number of allylic oxidation sites excluding steroid dienone is 22. The first-order valence-electron chi connectivity index (χ1n) is 37.3. The van der Waals surface area contributed by atoms with Crippen LogP contribution in [0.15, 0.2) is 134 Å². The fraction of sp³-hybridized carbons (Fsp3) is 0.695. The van der Waals surface area contributed by atoms with Crippen LogP contribution in [-0.4, -0.2) is 87.4 Å². The minimum Gasteiger partial charge on any atom is -0.477 e. The Morgan fingerprint density at radius 1 is 0.341 bits per heavy atom. The lowest BCUT2D eigenvalue weighted by molar-refractivity contribution is -0.870. The maximum atomic E-state index is 12.9. The van der Waals surface area contributed by atoms with Crippen molar-refractivity contribution >= 4 is 17.9 Å². The molecule has 0 saturated heterocycles. The quantitative estimate of drug-likeness (QED) is 0.0211. The van der Waals surface area contributed by atoms with Crippen molar-refractivity contribution in [3.8, 4) is 0 Å². The number of rotatable bonds is 68. The zero-order valence-electron chi connectivity index (χ0n) is 59.5. The summed E-state index contributed by atoms with van der Waals surface area (Å²) < 4.78 is 22.9. The van der Waals surface area contributed by atoms with Crippen LogP contribution in [0.4, 0.5) is 0 Å².